The Morgan fingerprint density at radius 1 is 1.40 bits per heavy atom. The number of hydrogen-bond acceptors (Lipinski definition) is 6. The maximum absolute atomic E-state index is 12.3. The highest BCUT2D eigenvalue weighted by Crippen LogP contribution is 2.25. The van der Waals surface area contributed by atoms with E-state index in [4.69, 9.17) is 21.1 Å². The molecule has 110 valence electrons. The van der Waals surface area contributed by atoms with Gasteiger partial charge in [-0.15, -0.1) is 0 Å². The molecule has 0 radical (unpaired) electrons. The number of ether oxygens (including phenoxy) is 3. The number of rotatable bonds is 4. The summed E-state index contributed by atoms with van der Waals surface area (Å²) in [6, 6.07) is 3.94. The summed E-state index contributed by atoms with van der Waals surface area (Å²) in [5.41, 5.74) is 0.115. The van der Waals surface area contributed by atoms with Gasteiger partial charge in [0.1, 0.15) is 5.75 Å². The zero-order chi connectivity index (χ0) is 14.8. The van der Waals surface area contributed by atoms with E-state index in [0.29, 0.717) is 13.2 Å². The molecule has 2 rings (SSSR count). The van der Waals surface area contributed by atoms with E-state index in [1.807, 2.05) is 0 Å². The number of carbonyl (C=O) groups excluding carboxylic acids is 1. The molecule has 1 aliphatic heterocycles. The van der Waals surface area contributed by atoms with Crippen LogP contribution in [-0.4, -0.2) is 46.8 Å². The number of halogens is 1. The van der Waals surface area contributed by atoms with Gasteiger partial charge in [0.2, 0.25) is 0 Å². The first-order chi connectivity index (χ1) is 9.44. The van der Waals surface area contributed by atoms with Crippen molar-refractivity contribution >= 4 is 27.4 Å². The Morgan fingerprint density at radius 2 is 2.05 bits per heavy atom. The van der Waals surface area contributed by atoms with E-state index in [2.05, 4.69) is 4.74 Å². The van der Waals surface area contributed by atoms with Crippen LogP contribution >= 0.6 is 11.6 Å². The molecule has 0 saturated carbocycles. The topological polar surface area (TPSA) is 78.9 Å². The molecule has 1 saturated heterocycles. The highest BCUT2D eigenvalue weighted by molar-refractivity contribution is 7.91. The average Bonchev–Trinajstić information content (AvgIpc) is 2.90. The van der Waals surface area contributed by atoms with Gasteiger partial charge in [-0.05, 0) is 18.2 Å². The van der Waals surface area contributed by atoms with Gasteiger partial charge in [0.05, 0.1) is 35.8 Å². The zero-order valence-electron chi connectivity index (χ0n) is 10.7. The quantitative estimate of drug-likeness (QED) is 0.777. The van der Waals surface area contributed by atoms with Crippen LogP contribution in [0.5, 0.6) is 0 Å². The summed E-state index contributed by atoms with van der Waals surface area (Å²) in [6.07, 6.45) is -0.808. The van der Waals surface area contributed by atoms with Gasteiger partial charge < -0.3 is 14.2 Å². The normalized spacial score (nSPS) is 16.3. The van der Waals surface area contributed by atoms with Crippen molar-refractivity contribution in [3.8, 4) is 0 Å². The lowest BCUT2D eigenvalue weighted by Gasteiger charge is -2.11. The number of esters is 1. The van der Waals surface area contributed by atoms with Gasteiger partial charge in [-0.25, -0.2) is 13.2 Å². The molecule has 1 aromatic rings. The summed E-state index contributed by atoms with van der Waals surface area (Å²) < 4.78 is 39.3. The van der Waals surface area contributed by atoms with Crippen LogP contribution in [-0.2, 0) is 24.0 Å². The van der Waals surface area contributed by atoms with Crippen molar-refractivity contribution in [1.29, 1.82) is 0 Å². The van der Waals surface area contributed by atoms with Gasteiger partial charge in [-0.3, -0.25) is 0 Å². The number of sulfone groups is 1. The van der Waals surface area contributed by atoms with Crippen LogP contribution in [0.25, 0.3) is 0 Å². The lowest BCUT2D eigenvalue weighted by Crippen LogP contribution is -2.22. The molecule has 0 bridgehead atoms. The van der Waals surface area contributed by atoms with Gasteiger partial charge in [-0.1, -0.05) is 11.6 Å². The fourth-order valence-corrected chi connectivity index (χ4v) is 3.63. The standard InChI is InChI=1S/C12H13ClO6S/c1-17-12(14)8-2-3-9(13)10(6-8)20(15,16)7-11-18-4-5-19-11/h2-3,6,11H,4-5,7H2,1H3. The molecule has 1 aliphatic rings. The summed E-state index contributed by atoms with van der Waals surface area (Å²) in [7, 11) is -2.51. The van der Waals surface area contributed by atoms with Crippen molar-refractivity contribution in [3.63, 3.8) is 0 Å². The second-order valence-corrected chi connectivity index (χ2v) is 6.50. The lowest BCUT2D eigenvalue weighted by molar-refractivity contribution is -0.0226. The minimum atomic E-state index is -3.73. The molecule has 1 fully saturated rings. The number of methoxy groups -OCH3 is 1. The smallest absolute Gasteiger partial charge is 0.337 e. The third-order valence-electron chi connectivity index (χ3n) is 2.73. The number of benzene rings is 1. The van der Waals surface area contributed by atoms with E-state index in [1.54, 1.807) is 0 Å². The molecule has 0 aromatic heterocycles. The zero-order valence-corrected chi connectivity index (χ0v) is 12.2. The third-order valence-corrected chi connectivity index (χ3v) is 4.89. The van der Waals surface area contributed by atoms with E-state index in [-0.39, 0.29) is 21.2 Å². The van der Waals surface area contributed by atoms with Crippen molar-refractivity contribution in [2.75, 3.05) is 26.1 Å². The minimum absolute atomic E-state index is 0.0376. The van der Waals surface area contributed by atoms with E-state index < -0.39 is 22.1 Å². The fourth-order valence-electron chi connectivity index (χ4n) is 1.76. The summed E-state index contributed by atoms with van der Waals surface area (Å²) in [6.45, 7) is 0.715. The number of carbonyl (C=O) groups is 1. The molecule has 6 nitrogen and oxygen atoms in total. The molecule has 8 heteroatoms. The second kappa shape index (κ2) is 6.09. The first kappa shape index (κ1) is 15.2. The molecule has 0 amide bonds. The largest absolute Gasteiger partial charge is 0.465 e. The Labute approximate surface area is 121 Å². The Bertz CT molecular complexity index is 606. The van der Waals surface area contributed by atoms with E-state index in [0.717, 1.165) is 0 Å². The second-order valence-electron chi connectivity index (χ2n) is 4.09. The summed E-state index contributed by atoms with van der Waals surface area (Å²) in [5.74, 6) is -0.983. The van der Waals surface area contributed by atoms with Crippen LogP contribution in [0.15, 0.2) is 23.1 Å². The van der Waals surface area contributed by atoms with Crippen LogP contribution in [0.3, 0.4) is 0 Å². The maximum atomic E-state index is 12.3. The van der Waals surface area contributed by atoms with Gasteiger partial charge in [-0.2, -0.15) is 0 Å². The van der Waals surface area contributed by atoms with E-state index >= 15 is 0 Å². The molecule has 0 aliphatic carbocycles. The summed E-state index contributed by atoms with van der Waals surface area (Å²) >= 11 is 5.90. The third kappa shape index (κ3) is 3.29. The molecule has 0 N–H and O–H groups in total. The molecule has 0 spiro atoms. The average molecular weight is 321 g/mol. The molecule has 1 heterocycles. The van der Waals surface area contributed by atoms with E-state index in [1.165, 1.54) is 25.3 Å². The van der Waals surface area contributed by atoms with Gasteiger partial charge in [0, 0.05) is 0 Å². The molecular weight excluding hydrogens is 308 g/mol. The Balaban J connectivity index is 2.32. The monoisotopic (exact) mass is 320 g/mol. The Hall–Kier alpha value is -1.15. The van der Waals surface area contributed by atoms with Crippen LogP contribution in [0.2, 0.25) is 5.02 Å². The summed E-state index contributed by atoms with van der Waals surface area (Å²) in [5, 5.41) is 0.0376. The van der Waals surface area contributed by atoms with Crippen LogP contribution in [0, 0.1) is 0 Å². The molecule has 1 aromatic carbocycles. The SMILES string of the molecule is COC(=O)c1ccc(Cl)c(S(=O)(=O)CC2OCCO2)c1. The first-order valence-electron chi connectivity index (χ1n) is 5.78. The van der Waals surface area contributed by atoms with Crippen molar-refractivity contribution in [1.82, 2.24) is 0 Å². The van der Waals surface area contributed by atoms with E-state index in [9.17, 15) is 13.2 Å². The van der Waals surface area contributed by atoms with Crippen LogP contribution in [0.1, 0.15) is 10.4 Å². The highest BCUT2D eigenvalue weighted by Gasteiger charge is 2.28. The van der Waals surface area contributed by atoms with Gasteiger partial charge in [0.15, 0.2) is 16.1 Å². The molecule has 0 unspecified atom stereocenters. The lowest BCUT2D eigenvalue weighted by atomic mass is 10.2. The predicted molar refractivity (Wildman–Crippen MR) is 70.5 cm³/mol. The predicted octanol–water partition coefficient (Wildman–Crippen LogP) is 1.27. The molecule has 0 atom stereocenters. The highest BCUT2D eigenvalue weighted by atomic mass is 35.5. The molecular formula is C12H13ClO6S. The Kier molecular flexibility index (Phi) is 4.64. The van der Waals surface area contributed by atoms with Crippen molar-refractivity contribution in [2.45, 2.75) is 11.2 Å². The molecule has 20 heavy (non-hydrogen) atoms. The van der Waals surface area contributed by atoms with Crippen molar-refractivity contribution < 1.29 is 27.4 Å². The van der Waals surface area contributed by atoms with Crippen LogP contribution in [0.4, 0.5) is 0 Å². The van der Waals surface area contributed by atoms with Crippen LogP contribution < -0.4 is 0 Å². The maximum Gasteiger partial charge on any atom is 0.337 e. The number of hydrogen-bond donors (Lipinski definition) is 0. The van der Waals surface area contributed by atoms with Gasteiger partial charge in [0.25, 0.3) is 0 Å². The fraction of sp³-hybridized carbons (Fsp3) is 0.417. The summed E-state index contributed by atoms with van der Waals surface area (Å²) in [4.78, 5) is 11.3. The van der Waals surface area contributed by atoms with Crippen molar-refractivity contribution in [3.05, 3.63) is 28.8 Å². The Morgan fingerprint density at radius 3 is 2.65 bits per heavy atom. The first-order valence-corrected chi connectivity index (χ1v) is 7.81. The minimum Gasteiger partial charge on any atom is -0.465 e. The van der Waals surface area contributed by atoms with Gasteiger partial charge >= 0.3 is 5.97 Å². The van der Waals surface area contributed by atoms with Crippen molar-refractivity contribution in [2.24, 2.45) is 0 Å².